The molecule has 0 aliphatic carbocycles. The van der Waals surface area contributed by atoms with E-state index in [0.717, 1.165) is 5.56 Å². The Morgan fingerprint density at radius 1 is 1.19 bits per heavy atom. The fraction of sp³-hybridized carbons (Fsp3) is 0.0526. The van der Waals surface area contributed by atoms with Gasteiger partial charge in [0.15, 0.2) is 0 Å². The Kier molecular flexibility index (Phi) is 6.34. The SMILES string of the molecule is N#CC(C#N)=C/C=C/c1cc(C#N)c(NC(=O)OCc2ccccc2)o1. The van der Waals surface area contributed by atoms with Crippen LogP contribution < -0.4 is 5.32 Å². The van der Waals surface area contributed by atoms with Crippen molar-refractivity contribution in [1.29, 1.82) is 15.8 Å². The second-order valence-electron chi connectivity index (χ2n) is 4.85. The van der Waals surface area contributed by atoms with Crippen molar-refractivity contribution in [2.24, 2.45) is 0 Å². The van der Waals surface area contributed by atoms with Gasteiger partial charge in [-0.2, -0.15) is 15.8 Å². The van der Waals surface area contributed by atoms with E-state index in [0.29, 0.717) is 0 Å². The second kappa shape index (κ2) is 9.12. The molecule has 0 aliphatic heterocycles. The maximum atomic E-state index is 11.8. The number of amides is 1. The molecular weight excluding hydrogens is 332 g/mol. The van der Waals surface area contributed by atoms with Gasteiger partial charge in [0, 0.05) is 6.07 Å². The van der Waals surface area contributed by atoms with E-state index in [1.165, 1.54) is 24.3 Å². The zero-order valence-corrected chi connectivity index (χ0v) is 13.5. The fourth-order valence-corrected chi connectivity index (χ4v) is 1.86. The van der Waals surface area contributed by atoms with Gasteiger partial charge in [-0.15, -0.1) is 0 Å². The first-order chi connectivity index (χ1) is 12.7. The first kappa shape index (κ1) is 18.1. The summed E-state index contributed by atoms with van der Waals surface area (Å²) >= 11 is 0. The van der Waals surface area contributed by atoms with Crippen molar-refractivity contribution < 1.29 is 13.9 Å². The molecule has 1 heterocycles. The molecule has 0 unspecified atom stereocenters. The molecule has 0 radical (unpaired) electrons. The molecule has 0 saturated heterocycles. The Hall–Kier alpha value is -4.28. The molecule has 7 nitrogen and oxygen atoms in total. The van der Waals surface area contributed by atoms with E-state index in [4.69, 9.17) is 24.9 Å². The Labute approximate surface area is 149 Å². The van der Waals surface area contributed by atoms with E-state index in [9.17, 15) is 4.79 Å². The summed E-state index contributed by atoms with van der Waals surface area (Å²) in [6, 6.07) is 15.9. The molecule has 0 saturated carbocycles. The lowest BCUT2D eigenvalue weighted by Crippen LogP contribution is -2.13. The first-order valence-corrected chi connectivity index (χ1v) is 7.36. The summed E-state index contributed by atoms with van der Waals surface area (Å²) < 4.78 is 10.4. The van der Waals surface area contributed by atoms with Crippen molar-refractivity contribution in [3.05, 3.63) is 71.0 Å². The maximum Gasteiger partial charge on any atom is 0.414 e. The monoisotopic (exact) mass is 344 g/mol. The average molecular weight is 344 g/mol. The molecule has 0 atom stereocenters. The quantitative estimate of drug-likeness (QED) is 0.648. The van der Waals surface area contributed by atoms with Gasteiger partial charge in [0.1, 0.15) is 41.7 Å². The lowest BCUT2D eigenvalue weighted by molar-refractivity contribution is 0.154. The minimum atomic E-state index is -0.758. The number of rotatable bonds is 5. The summed E-state index contributed by atoms with van der Waals surface area (Å²) in [7, 11) is 0. The summed E-state index contributed by atoms with van der Waals surface area (Å²) in [5.74, 6) is 0.223. The minimum absolute atomic E-state index is 0.0463. The van der Waals surface area contributed by atoms with Crippen LogP contribution in [0.4, 0.5) is 10.7 Å². The third-order valence-corrected chi connectivity index (χ3v) is 3.06. The number of nitrogens with zero attached hydrogens (tertiary/aromatic N) is 3. The number of nitriles is 3. The molecule has 0 bridgehead atoms. The third-order valence-electron chi connectivity index (χ3n) is 3.06. The molecule has 2 aromatic rings. The Morgan fingerprint density at radius 3 is 2.58 bits per heavy atom. The van der Waals surface area contributed by atoms with Crippen molar-refractivity contribution in [3.63, 3.8) is 0 Å². The van der Waals surface area contributed by atoms with Gasteiger partial charge >= 0.3 is 6.09 Å². The van der Waals surface area contributed by atoms with Gasteiger partial charge in [-0.05, 0) is 17.7 Å². The predicted molar refractivity (Wildman–Crippen MR) is 92.0 cm³/mol. The minimum Gasteiger partial charge on any atom is -0.444 e. The van der Waals surface area contributed by atoms with Crippen molar-refractivity contribution >= 4 is 18.1 Å². The van der Waals surface area contributed by atoms with E-state index in [2.05, 4.69) is 5.32 Å². The molecular formula is C19H12N4O3. The standard InChI is InChI=1S/C19H12N4O3/c20-10-15(11-21)7-4-8-17-9-16(12-22)18(26-17)23-19(24)25-13-14-5-2-1-3-6-14/h1-9H,13H2,(H,23,24)/b8-4+. The highest BCUT2D eigenvalue weighted by atomic mass is 16.5. The van der Waals surface area contributed by atoms with Crippen LogP contribution in [0.3, 0.4) is 0 Å². The van der Waals surface area contributed by atoms with Crippen molar-refractivity contribution in [3.8, 4) is 18.2 Å². The van der Waals surface area contributed by atoms with E-state index in [1.54, 1.807) is 12.1 Å². The maximum absolute atomic E-state index is 11.8. The van der Waals surface area contributed by atoms with Gasteiger partial charge in [0.05, 0.1) is 0 Å². The van der Waals surface area contributed by atoms with Crippen molar-refractivity contribution in [1.82, 2.24) is 0 Å². The van der Waals surface area contributed by atoms with E-state index >= 15 is 0 Å². The molecule has 26 heavy (non-hydrogen) atoms. The summed E-state index contributed by atoms with van der Waals surface area (Å²) in [6.45, 7) is 0.0813. The van der Waals surface area contributed by atoms with Crippen LogP contribution in [0.25, 0.3) is 6.08 Å². The molecule has 0 fully saturated rings. The highest BCUT2D eigenvalue weighted by Gasteiger charge is 2.13. The molecule has 7 heteroatoms. The Bertz CT molecular complexity index is 951. The van der Waals surface area contributed by atoms with E-state index < -0.39 is 6.09 Å². The van der Waals surface area contributed by atoms with Gasteiger partial charge < -0.3 is 9.15 Å². The van der Waals surface area contributed by atoms with Crippen LogP contribution in [0.1, 0.15) is 16.9 Å². The van der Waals surface area contributed by atoms with Crippen LogP contribution in [0.5, 0.6) is 0 Å². The number of anilines is 1. The summed E-state index contributed by atoms with van der Waals surface area (Å²) in [5, 5.41) is 28.8. The van der Waals surface area contributed by atoms with Crippen molar-refractivity contribution in [2.45, 2.75) is 6.61 Å². The summed E-state index contributed by atoms with van der Waals surface area (Å²) in [5.41, 5.74) is 0.867. The van der Waals surface area contributed by atoms with Crippen LogP contribution in [0.15, 0.2) is 58.5 Å². The molecule has 1 aromatic carbocycles. The number of allylic oxidation sites excluding steroid dienone is 3. The predicted octanol–water partition coefficient (Wildman–Crippen LogP) is 3.89. The van der Waals surface area contributed by atoms with E-state index in [1.807, 2.05) is 36.4 Å². The van der Waals surface area contributed by atoms with E-state index in [-0.39, 0.29) is 29.4 Å². The number of carbonyl (C=O) groups is 1. The second-order valence-corrected chi connectivity index (χ2v) is 4.85. The number of ether oxygens (including phenoxy) is 1. The van der Waals surface area contributed by atoms with Crippen LogP contribution in [-0.4, -0.2) is 6.09 Å². The first-order valence-electron chi connectivity index (χ1n) is 7.36. The highest BCUT2D eigenvalue weighted by molar-refractivity contribution is 5.84. The van der Waals surface area contributed by atoms with Crippen LogP contribution in [-0.2, 0) is 11.3 Å². The number of nitrogens with one attached hydrogen (secondary N) is 1. The number of hydrogen-bond donors (Lipinski definition) is 1. The molecule has 0 spiro atoms. The number of hydrogen-bond acceptors (Lipinski definition) is 6. The number of furan rings is 1. The third kappa shape index (κ3) is 5.13. The molecule has 2 rings (SSSR count). The Balaban J connectivity index is 2.02. The topological polar surface area (TPSA) is 123 Å². The molecule has 1 N–H and O–H groups in total. The van der Waals surface area contributed by atoms with Gasteiger partial charge in [-0.3, -0.25) is 5.32 Å². The van der Waals surface area contributed by atoms with Crippen LogP contribution >= 0.6 is 0 Å². The van der Waals surface area contributed by atoms with Gasteiger partial charge in [-0.1, -0.05) is 36.4 Å². The summed E-state index contributed by atoms with van der Waals surface area (Å²) in [6.07, 6.45) is 3.43. The van der Waals surface area contributed by atoms with Crippen LogP contribution in [0.2, 0.25) is 0 Å². The zero-order valence-electron chi connectivity index (χ0n) is 13.5. The largest absolute Gasteiger partial charge is 0.444 e. The van der Waals surface area contributed by atoms with Gasteiger partial charge in [0.25, 0.3) is 0 Å². The van der Waals surface area contributed by atoms with Crippen LogP contribution in [0, 0.1) is 34.0 Å². The zero-order chi connectivity index (χ0) is 18.8. The number of carbonyl (C=O) groups excluding carboxylic acids is 1. The molecule has 126 valence electrons. The number of benzene rings is 1. The van der Waals surface area contributed by atoms with Crippen molar-refractivity contribution in [2.75, 3.05) is 5.32 Å². The highest BCUT2D eigenvalue weighted by Crippen LogP contribution is 2.22. The van der Waals surface area contributed by atoms with Gasteiger partial charge in [-0.25, -0.2) is 4.79 Å². The van der Waals surface area contributed by atoms with Gasteiger partial charge in [0.2, 0.25) is 5.88 Å². The summed E-state index contributed by atoms with van der Waals surface area (Å²) in [4.78, 5) is 11.8. The molecule has 1 aromatic heterocycles. The normalized spacial score (nSPS) is 9.58. The molecule has 0 aliphatic rings. The fourth-order valence-electron chi connectivity index (χ4n) is 1.86. The average Bonchev–Trinajstić information content (AvgIpc) is 3.06. The Morgan fingerprint density at radius 2 is 1.92 bits per heavy atom. The lowest BCUT2D eigenvalue weighted by Gasteiger charge is -2.05. The molecule has 1 amide bonds. The smallest absolute Gasteiger partial charge is 0.414 e. The lowest BCUT2D eigenvalue weighted by atomic mass is 10.2.